The van der Waals surface area contributed by atoms with Gasteiger partial charge in [0.1, 0.15) is 0 Å². The van der Waals surface area contributed by atoms with Gasteiger partial charge >= 0.3 is 0 Å². The Hall–Kier alpha value is 2.17. The van der Waals surface area contributed by atoms with Crippen molar-refractivity contribution in [1.29, 1.82) is 0 Å². The first-order valence-electron chi connectivity index (χ1n) is 2.71. The van der Waals surface area contributed by atoms with Crippen LogP contribution >= 0.6 is 0 Å². The molecule has 1 N–H and O–H groups in total. The number of hydrogen-bond donors (Lipinski definition) is 1. The Labute approximate surface area is 115 Å². The maximum atomic E-state index is 8.29. The quantitative estimate of drug-likeness (QED) is 0.785. The van der Waals surface area contributed by atoms with Crippen LogP contribution in [0.5, 0.6) is 0 Å². The molecule has 0 saturated carbocycles. The number of aliphatic hydroxyl groups excluding tert-OH is 1. The zero-order valence-corrected chi connectivity index (χ0v) is 12.7. The van der Waals surface area contributed by atoms with Crippen LogP contribution in [0.25, 0.3) is 0 Å². The van der Waals surface area contributed by atoms with E-state index in [-0.39, 0.29) is 72.8 Å². The maximum Gasteiger partial charge on any atom is 0.0430 e. The van der Waals surface area contributed by atoms with Crippen molar-refractivity contribution < 1.29 is 70.5 Å². The van der Waals surface area contributed by atoms with Gasteiger partial charge in [0.2, 0.25) is 0 Å². The van der Waals surface area contributed by atoms with Crippen LogP contribution in [0.4, 0.5) is 0 Å². The smallest absolute Gasteiger partial charge is 0.0430 e. The van der Waals surface area contributed by atoms with E-state index in [0.29, 0.717) is 12.5 Å². The van der Waals surface area contributed by atoms with Gasteiger partial charge < -0.3 is 19.5 Å². The zero-order chi connectivity index (χ0) is 5.70. The van der Waals surface area contributed by atoms with Crippen LogP contribution in [-0.2, 0) is 65.4 Å². The third kappa shape index (κ3) is 22.5. The molecular weight excluding hydrogens is 278 g/mol. The Balaban J connectivity index is -0.0000000600. The number of aliphatic hydroxyl groups is 1. The van der Waals surface area contributed by atoms with E-state index in [4.69, 9.17) is 5.11 Å². The minimum absolute atomic E-state index is 0. The molecule has 0 heterocycles. The summed E-state index contributed by atoms with van der Waals surface area (Å²) in [4.78, 5) is 0. The van der Waals surface area contributed by atoms with Gasteiger partial charge in [0.05, 0.1) is 0 Å². The van der Waals surface area contributed by atoms with Crippen LogP contribution in [0.3, 0.4) is 0 Å². The summed E-state index contributed by atoms with van der Waals surface area (Å²) in [6.07, 6.45) is 1.93. The molecule has 58 valence electrons. The molecule has 3 heteroatoms. The number of hydrogen-bond acceptors (Lipinski definition) is 1. The average Bonchev–Trinajstić information content (AvgIpc) is 1.61. The minimum atomic E-state index is 0. The van der Waals surface area contributed by atoms with E-state index in [2.05, 4.69) is 13.8 Å². The summed E-state index contributed by atoms with van der Waals surface area (Å²) < 4.78 is 0. The van der Waals surface area contributed by atoms with Crippen LogP contribution in [0.1, 0.15) is 19.8 Å². The van der Waals surface area contributed by atoms with E-state index in [1.807, 2.05) is 0 Å². The third-order valence-corrected chi connectivity index (χ3v) is 0.855. The second-order valence-electron chi connectivity index (χ2n) is 1.97. The van der Waals surface area contributed by atoms with Crippen molar-refractivity contribution in [2.75, 3.05) is 6.61 Å². The van der Waals surface area contributed by atoms with Crippen molar-refractivity contribution in [2.45, 2.75) is 19.8 Å². The van der Waals surface area contributed by atoms with Crippen LogP contribution in [0.15, 0.2) is 0 Å². The van der Waals surface area contributed by atoms with Gasteiger partial charge in [-0.15, -0.1) is 0 Å². The molecule has 0 unspecified atom stereocenters. The first-order chi connectivity index (χ1) is 3.27. The van der Waals surface area contributed by atoms with E-state index < -0.39 is 0 Å². The summed E-state index contributed by atoms with van der Waals surface area (Å²) in [5, 5.41) is 8.29. The molecule has 0 spiro atoms. The van der Waals surface area contributed by atoms with Gasteiger partial charge in [0.15, 0.2) is 0 Å². The zero-order valence-electron chi connectivity index (χ0n) is 7.01. The van der Waals surface area contributed by atoms with Crippen LogP contribution in [-0.4, -0.2) is 11.7 Å². The molecule has 1 nitrogen and oxygen atoms in total. The van der Waals surface area contributed by atoms with E-state index in [0.717, 1.165) is 12.8 Å². The molecule has 0 aliphatic rings. The number of rotatable bonds is 3. The normalized spacial score (nSPS) is 9.90. The van der Waals surface area contributed by atoms with Gasteiger partial charge in [-0.05, 0) is 6.42 Å². The van der Waals surface area contributed by atoms with Crippen molar-refractivity contribution in [3.63, 3.8) is 0 Å². The maximum absolute atomic E-state index is 8.29. The second kappa shape index (κ2) is 17.3. The topological polar surface area (TPSA) is 20.2 Å². The van der Waals surface area contributed by atoms with Crippen LogP contribution < -0.4 is 0 Å². The molecule has 0 rings (SSSR count). The Morgan fingerprint density at radius 2 is 1.80 bits per heavy atom. The standard InChI is InChI=1S/C6H13O.CH3.2Y/c1-6(2)4-3-5-7;;;/h6-7H,1,3-5H2,2H3;1H3;;/q2*-1;;/t6-;;;/m1.../s1. The summed E-state index contributed by atoms with van der Waals surface area (Å²) >= 11 is 0. The van der Waals surface area contributed by atoms with Gasteiger partial charge in [0.25, 0.3) is 0 Å². The molecule has 2 radical (unpaired) electrons. The Bertz CT molecular complexity index is 40.6. The van der Waals surface area contributed by atoms with Gasteiger partial charge in [-0.25, -0.2) is 0 Å². The van der Waals surface area contributed by atoms with Crippen molar-refractivity contribution in [2.24, 2.45) is 5.92 Å². The van der Waals surface area contributed by atoms with Gasteiger partial charge in [-0.3, -0.25) is 0 Å². The fourth-order valence-corrected chi connectivity index (χ4v) is 0.440. The Morgan fingerprint density at radius 1 is 1.40 bits per heavy atom. The van der Waals surface area contributed by atoms with Crippen LogP contribution in [0, 0.1) is 20.3 Å². The summed E-state index contributed by atoms with van der Waals surface area (Å²) in [5.41, 5.74) is 0. The Kier molecular flexibility index (Phi) is 39.4. The predicted octanol–water partition coefficient (Wildman–Crippen LogP) is 1.67. The molecule has 0 amide bonds. The summed E-state index contributed by atoms with van der Waals surface area (Å²) in [7, 11) is 0. The first kappa shape index (κ1) is 22.7. The van der Waals surface area contributed by atoms with Crippen molar-refractivity contribution in [1.82, 2.24) is 0 Å². The monoisotopic (exact) mass is 294 g/mol. The second-order valence-corrected chi connectivity index (χ2v) is 1.97. The van der Waals surface area contributed by atoms with Crippen molar-refractivity contribution in [3.8, 4) is 0 Å². The Morgan fingerprint density at radius 3 is 1.90 bits per heavy atom. The third-order valence-electron chi connectivity index (χ3n) is 0.855. The van der Waals surface area contributed by atoms with E-state index in [1.165, 1.54) is 0 Å². The average molecular weight is 294 g/mol. The summed E-state index contributed by atoms with van der Waals surface area (Å²) in [6, 6.07) is 0. The van der Waals surface area contributed by atoms with E-state index >= 15 is 0 Å². The van der Waals surface area contributed by atoms with Crippen molar-refractivity contribution >= 4 is 0 Å². The fraction of sp³-hybridized carbons (Fsp3) is 0.714. The van der Waals surface area contributed by atoms with E-state index in [9.17, 15) is 0 Å². The van der Waals surface area contributed by atoms with Crippen molar-refractivity contribution in [3.05, 3.63) is 14.4 Å². The molecule has 0 aromatic heterocycles. The molecule has 0 aromatic carbocycles. The minimum Gasteiger partial charge on any atom is -0.396 e. The molecule has 0 fully saturated rings. The summed E-state index contributed by atoms with van der Waals surface area (Å²) in [5.74, 6) is 0.493. The molecule has 0 aliphatic heterocycles. The molecule has 0 aliphatic carbocycles. The largest absolute Gasteiger partial charge is 0.396 e. The molecule has 0 saturated heterocycles. The molecule has 0 bridgehead atoms. The summed E-state index contributed by atoms with van der Waals surface area (Å²) in [6.45, 7) is 6.12. The predicted molar refractivity (Wildman–Crippen MR) is 37.3 cm³/mol. The van der Waals surface area contributed by atoms with Gasteiger partial charge in [0, 0.05) is 72.0 Å². The van der Waals surface area contributed by atoms with Gasteiger partial charge in [-0.1, -0.05) is 13.3 Å². The molecule has 1 atom stereocenters. The van der Waals surface area contributed by atoms with E-state index in [1.54, 1.807) is 0 Å². The van der Waals surface area contributed by atoms with Crippen LogP contribution in [0.2, 0.25) is 0 Å². The first-order valence-corrected chi connectivity index (χ1v) is 2.71. The molecular formula is C7H16OY2-2. The van der Waals surface area contributed by atoms with Gasteiger partial charge in [-0.2, -0.15) is 5.92 Å². The molecule has 0 aromatic rings. The SMILES string of the molecule is [CH2-][C@H](C)CCCO.[CH3-].[Y].[Y]. The molecule has 10 heavy (non-hydrogen) atoms. The fourth-order valence-electron chi connectivity index (χ4n) is 0.440.